The van der Waals surface area contributed by atoms with E-state index in [2.05, 4.69) is 15.2 Å². The Morgan fingerprint density at radius 2 is 1.60 bits per heavy atom. The molecule has 3 heterocycles. The molecule has 2 aromatic rings. The predicted octanol–water partition coefficient (Wildman–Crippen LogP) is 3.50. The van der Waals surface area contributed by atoms with Gasteiger partial charge in [0.1, 0.15) is 5.82 Å². The number of nitrogens with one attached hydrogen (secondary N) is 1. The molecular formula is C22H28N4O3S. The highest BCUT2D eigenvalue weighted by Crippen LogP contribution is 2.25. The molecule has 2 fully saturated rings. The molecular weight excluding hydrogens is 400 g/mol. The van der Waals surface area contributed by atoms with E-state index < -0.39 is 10.0 Å². The normalized spacial score (nSPS) is 18.2. The highest BCUT2D eigenvalue weighted by Gasteiger charge is 2.26. The number of aromatic nitrogens is 1. The summed E-state index contributed by atoms with van der Waals surface area (Å²) in [4.78, 5) is 19.7. The summed E-state index contributed by atoms with van der Waals surface area (Å²) in [6.45, 7) is 2.88. The van der Waals surface area contributed by atoms with Crippen LogP contribution in [-0.4, -0.2) is 49.8 Å². The molecule has 1 amide bonds. The summed E-state index contributed by atoms with van der Waals surface area (Å²) in [7, 11) is -3.57. The molecule has 1 aromatic carbocycles. The van der Waals surface area contributed by atoms with Crippen LogP contribution < -0.4 is 10.2 Å². The van der Waals surface area contributed by atoms with Gasteiger partial charge >= 0.3 is 0 Å². The minimum atomic E-state index is -3.57. The van der Waals surface area contributed by atoms with Gasteiger partial charge in [0.25, 0.3) is 5.91 Å². The Bertz CT molecular complexity index is 995. The van der Waals surface area contributed by atoms with Crippen molar-refractivity contribution < 1.29 is 13.2 Å². The molecule has 30 heavy (non-hydrogen) atoms. The minimum absolute atomic E-state index is 0.216. The number of hydrogen-bond donors (Lipinski definition) is 1. The van der Waals surface area contributed by atoms with Crippen molar-refractivity contribution in [3.05, 3.63) is 48.2 Å². The van der Waals surface area contributed by atoms with Gasteiger partial charge in [0.05, 0.1) is 10.5 Å². The lowest BCUT2D eigenvalue weighted by Crippen LogP contribution is -2.32. The summed E-state index contributed by atoms with van der Waals surface area (Å²) in [5.74, 6) is 0.398. The quantitative estimate of drug-likeness (QED) is 0.788. The molecule has 0 atom stereocenters. The number of nitrogens with zero attached hydrogens (tertiary/aromatic N) is 3. The van der Waals surface area contributed by atoms with E-state index in [0.29, 0.717) is 30.2 Å². The van der Waals surface area contributed by atoms with Crippen molar-refractivity contribution in [1.82, 2.24) is 9.29 Å². The van der Waals surface area contributed by atoms with E-state index in [1.807, 2.05) is 0 Å². The van der Waals surface area contributed by atoms with Gasteiger partial charge in [0, 0.05) is 38.1 Å². The van der Waals surface area contributed by atoms with Crippen molar-refractivity contribution in [1.29, 1.82) is 0 Å². The highest BCUT2D eigenvalue weighted by atomic mass is 32.2. The predicted molar refractivity (Wildman–Crippen MR) is 117 cm³/mol. The lowest BCUT2D eigenvalue weighted by Gasteiger charge is -2.21. The first-order chi connectivity index (χ1) is 14.6. The van der Waals surface area contributed by atoms with Crippen LogP contribution in [0, 0.1) is 0 Å². The fraction of sp³-hybridized carbons (Fsp3) is 0.455. The molecule has 1 aromatic heterocycles. The van der Waals surface area contributed by atoms with E-state index >= 15 is 0 Å². The number of carbonyl (C=O) groups excluding carboxylic acids is 1. The van der Waals surface area contributed by atoms with Gasteiger partial charge in [0.2, 0.25) is 10.0 Å². The van der Waals surface area contributed by atoms with Gasteiger partial charge in [-0.25, -0.2) is 13.4 Å². The van der Waals surface area contributed by atoms with E-state index in [9.17, 15) is 13.2 Å². The van der Waals surface area contributed by atoms with Crippen molar-refractivity contribution in [2.45, 2.75) is 43.4 Å². The topological polar surface area (TPSA) is 82.6 Å². The molecule has 0 unspecified atom stereocenters. The third-order valence-corrected chi connectivity index (χ3v) is 7.63. The smallest absolute Gasteiger partial charge is 0.259 e. The fourth-order valence-corrected chi connectivity index (χ4v) is 5.68. The zero-order valence-corrected chi connectivity index (χ0v) is 17.9. The Balaban J connectivity index is 1.54. The number of benzene rings is 1. The summed E-state index contributed by atoms with van der Waals surface area (Å²) >= 11 is 0. The molecule has 1 N–H and O–H groups in total. The van der Waals surface area contributed by atoms with Gasteiger partial charge in [-0.3, -0.25) is 4.79 Å². The van der Waals surface area contributed by atoms with Gasteiger partial charge in [0.15, 0.2) is 0 Å². The monoisotopic (exact) mass is 428 g/mol. The zero-order chi connectivity index (χ0) is 21.0. The van der Waals surface area contributed by atoms with Crippen molar-refractivity contribution in [2.24, 2.45) is 0 Å². The number of pyridine rings is 1. The molecule has 0 bridgehead atoms. The van der Waals surface area contributed by atoms with Gasteiger partial charge in [-0.1, -0.05) is 18.9 Å². The van der Waals surface area contributed by atoms with E-state index in [0.717, 1.165) is 51.6 Å². The number of rotatable bonds is 5. The maximum atomic E-state index is 13.1. The van der Waals surface area contributed by atoms with Crippen LogP contribution in [0.4, 0.5) is 11.5 Å². The van der Waals surface area contributed by atoms with Gasteiger partial charge < -0.3 is 10.2 Å². The summed E-state index contributed by atoms with van der Waals surface area (Å²) in [5, 5.41) is 2.86. The lowest BCUT2D eigenvalue weighted by atomic mass is 10.2. The summed E-state index contributed by atoms with van der Waals surface area (Å²) < 4.78 is 27.7. The van der Waals surface area contributed by atoms with E-state index in [-0.39, 0.29) is 10.8 Å². The van der Waals surface area contributed by atoms with Crippen LogP contribution in [0.3, 0.4) is 0 Å². The molecule has 0 saturated carbocycles. The summed E-state index contributed by atoms with van der Waals surface area (Å²) in [5.41, 5.74) is 0.965. The van der Waals surface area contributed by atoms with Crippen LogP contribution in [0.2, 0.25) is 0 Å². The standard InChI is InChI=1S/C22H28N4O3S/c27-22(20-11-8-12-23-21(20)25-13-5-6-14-25)24-18-9-7-10-19(17-18)30(28,29)26-15-3-1-2-4-16-26/h7-12,17H,1-6,13-16H2,(H,24,27). The molecule has 4 rings (SSSR count). The molecule has 8 heteroatoms. The van der Waals surface area contributed by atoms with E-state index in [4.69, 9.17) is 0 Å². The molecule has 0 aliphatic carbocycles. The van der Waals surface area contributed by atoms with Crippen LogP contribution in [0.1, 0.15) is 48.9 Å². The Kier molecular flexibility index (Phi) is 6.34. The third kappa shape index (κ3) is 4.49. The third-order valence-electron chi connectivity index (χ3n) is 5.73. The van der Waals surface area contributed by atoms with Crippen LogP contribution >= 0.6 is 0 Å². The molecule has 2 aliphatic rings. The van der Waals surface area contributed by atoms with Crippen LogP contribution in [-0.2, 0) is 10.0 Å². The van der Waals surface area contributed by atoms with Crippen molar-refractivity contribution >= 4 is 27.4 Å². The summed E-state index contributed by atoms with van der Waals surface area (Å²) in [6, 6.07) is 10.0. The number of amides is 1. The number of sulfonamides is 1. The maximum Gasteiger partial charge on any atom is 0.259 e. The Hall–Kier alpha value is -2.45. The van der Waals surface area contributed by atoms with Crippen molar-refractivity contribution in [3.8, 4) is 0 Å². The maximum absolute atomic E-state index is 13.1. The second kappa shape index (κ2) is 9.14. The van der Waals surface area contributed by atoms with Crippen LogP contribution in [0.5, 0.6) is 0 Å². The fourth-order valence-electron chi connectivity index (χ4n) is 4.12. The van der Waals surface area contributed by atoms with Crippen LogP contribution in [0.15, 0.2) is 47.5 Å². The SMILES string of the molecule is O=C(Nc1cccc(S(=O)(=O)N2CCCCCC2)c1)c1cccnc1N1CCCC1. The first kappa shape index (κ1) is 20.8. The highest BCUT2D eigenvalue weighted by molar-refractivity contribution is 7.89. The first-order valence-corrected chi connectivity index (χ1v) is 12.1. The molecule has 2 saturated heterocycles. The largest absolute Gasteiger partial charge is 0.356 e. The zero-order valence-electron chi connectivity index (χ0n) is 17.1. The molecule has 2 aliphatic heterocycles. The Morgan fingerprint density at radius 3 is 2.33 bits per heavy atom. The number of hydrogen-bond acceptors (Lipinski definition) is 5. The lowest BCUT2D eigenvalue weighted by molar-refractivity contribution is 0.102. The van der Waals surface area contributed by atoms with E-state index in [1.165, 1.54) is 0 Å². The van der Waals surface area contributed by atoms with Gasteiger partial charge in [-0.2, -0.15) is 4.31 Å². The molecule has 0 radical (unpaired) electrons. The average Bonchev–Trinajstić information content (AvgIpc) is 3.15. The average molecular weight is 429 g/mol. The first-order valence-electron chi connectivity index (χ1n) is 10.7. The molecule has 7 nitrogen and oxygen atoms in total. The minimum Gasteiger partial charge on any atom is -0.356 e. The van der Waals surface area contributed by atoms with E-state index in [1.54, 1.807) is 46.9 Å². The van der Waals surface area contributed by atoms with Gasteiger partial charge in [-0.05, 0) is 56.0 Å². The second-order valence-corrected chi connectivity index (χ2v) is 9.81. The Labute approximate surface area is 178 Å². The van der Waals surface area contributed by atoms with Gasteiger partial charge in [-0.15, -0.1) is 0 Å². The van der Waals surface area contributed by atoms with Crippen molar-refractivity contribution in [2.75, 3.05) is 36.4 Å². The summed E-state index contributed by atoms with van der Waals surface area (Å²) in [6.07, 6.45) is 7.77. The number of carbonyl (C=O) groups is 1. The molecule has 160 valence electrons. The molecule has 0 spiro atoms. The van der Waals surface area contributed by atoms with Crippen LogP contribution in [0.25, 0.3) is 0 Å². The van der Waals surface area contributed by atoms with Crippen molar-refractivity contribution in [3.63, 3.8) is 0 Å². The Morgan fingerprint density at radius 1 is 0.900 bits per heavy atom. The second-order valence-electron chi connectivity index (χ2n) is 7.87. The number of anilines is 2.